The first-order valence-corrected chi connectivity index (χ1v) is 5.82. The van der Waals surface area contributed by atoms with Crippen LogP contribution in [0.5, 0.6) is 11.5 Å². The van der Waals surface area contributed by atoms with E-state index in [1.807, 2.05) is 0 Å². The van der Waals surface area contributed by atoms with Crippen LogP contribution in [0.15, 0.2) is 10.5 Å². The maximum absolute atomic E-state index is 13.9. The highest BCUT2D eigenvalue weighted by atomic mass is 79.9. The Balaban J connectivity index is 2.59. The van der Waals surface area contributed by atoms with Crippen molar-refractivity contribution in [1.29, 1.82) is 0 Å². The molecule has 0 amide bonds. The van der Waals surface area contributed by atoms with Gasteiger partial charge in [-0.1, -0.05) is 6.92 Å². The molecule has 1 unspecified atom stereocenters. The van der Waals surface area contributed by atoms with Crippen LogP contribution in [-0.4, -0.2) is 24.9 Å². The van der Waals surface area contributed by atoms with E-state index < -0.39 is 5.82 Å². The molecule has 0 fully saturated rings. The van der Waals surface area contributed by atoms with Gasteiger partial charge in [0.15, 0.2) is 11.5 Å². The van der Waals surface area contributed by atoms with Crippen molar-refractivity contribution in [3.8, 4) is 11.5 Å². The minimum absolute atomic E-state index is 0.136. The zero-order valence-corrected chi connectivity index (χ0v) is 10.4. The van der Waals surface area contributed by atoms with Gasteiger partial charge in [0.25, 0.3) is 0 Å². The predicted octanol–water partition coefficient (Wildman–Crippen LogP) is 2.46. The van der Waals surface area contributed by atoms with E-state index in [-0.39, 0.29) is 12.5 Å². The summed E-state index contributed by atoms with van der Waals surface area (Å²) in [6, 6.07) is 1.55. The van der Waals surface area contributed by atoms with Crippen molar-refractivity contribution in [3.05, 3.63) is 21.9 Å². The third-order valence-corrected chi connectivity index (χ3v) is 3.10. The molecule has 1 heterocycles. The SMILES string of the molecule is CC(CO)c1c(F)c(Br)cc2c1OCCO2. The van der Waals surface area contributed by atoms with Gasteiger partial charge in [-0.05, 0) is 15.9 Å². The van der Waals surface area contributed by atoms with E-state index in [0.717, 1.165) is 0 Å². The first-order valence-electron chi connectivity index (χ1n) is 5.03. The second-order valence-corrected chi connectivity index (χ2v) is 4.55. The fraction of sp³-hybridized carbons (Fsp3) is 0.455. The molecule has 1 aliphatic rings. The number of aliphatic hydroxyl groups is 1. The van der Waals surface area contributed by atoms with Gasteiger partial charge in [-0.3, -0.25) is 0 Å². The molecule has 1 N–H and O–H groups in total. The Morgan fingerprint density at radius 1 is 1.50 bits per heavy atom. The Morgan fingerprint density at radius 3 is 2.88 bits per heavy atom. The van der Waals surface area contributed by atoms with E-state index in [1.165, 1.54) is 0 Å². The second-order valence-electron chi connectivity index (χ2n) is 3.69. The van der Waals surface area contributed by atoms with Crippen LogP contribution in [0.2, 0.25) is 0 Å². The number of fused-ring (bicyclic) bond motifs is 1. The fourth-order valence-electron chi connectivity index (χ4n) is 1.69. The summed E-state index contributed by atoms with van der Waals surface area (Å²) < 4.78 is 25.1. The van der Waals surface area contributed by atoms with Crippen molar-refractivity contribution < 1.29 is 19.0 Å². The lowest BCUT2D eigenvalue weighted by Gasteiger charge is -2.24. The molecule has 5 heteroatoms. The van der Waals surface area contributed by atoms with Gasteiger partial charge in [0, 0.05) is 24.2 Å². The van der Waals surface area contributed by atoms with E-state index in [4.69, 9.17) is 14.6 Å². The van der Waals surface area contributed by atoms with Crippen molar-refractivity contribution in [1.82, 2.24) is 0 Å². The zero-order chi connectivity index (χ0) is 11.7. The van der Waals surface area contributed by atoms with Gasteiger partial charge in [-0.25, -0.2) is 4.39 Å². The normalized spacial score (nSPS) is 16.0. The van der Waals surface area contributed by atoms with Crippen LogP contribution in [-0.2, 0) is 0 Å². The summed E-state index contributed by atoms with van der Waals surface area (Å²) in [5.41, 5.74) is 0.367. The number of benzene rings is 1. The first kappa shape index (κ1) is 11.7. The van der Waals surface area contributed by atoms with E-state index >= 15 is 0 Å². The highest BCUT2D eigenvalue weighted by Gasteiger charge is 2.25. The lowest BCUT2D eigenvalue weighted by Crippen LogP contribution is -2.18. The monoisotopic (exact) mass is 290 g/mol. The molecule has 88 valence electrons. The minimum Gasteiger partial charge on any atom is -0.486 e. The van der Waals surface area contributed by atoms with Crippen LogP contribution in [0.4, 0.5) is 4.39 Å². The highest BCUT2D eigenvalue weighted by Crippen LogP contribution is 2.42. The van der Waals surface area contributed by atoms with Crippen LogP contribution >= 0.6 is 15.9 Å². The summed E-state index contributed by atoms with van der Waals surface area (Å²) >= 11 is 3.13. The molecule has 16 heavy (non-hydrogen) atoms. The van der Waals surface area contributed by atoms with Crippen LogP contribution in [0.1, 0.15) is 18.4 Å². The van der Waals surface area contributed by atoms with E-state index in [1.54, 1.807) is 13.0 Å². The Morgan fingerprint density at radius 2 is 2.19 bits per heavy atom. The van der Waals surface area contributed by atoms with Crippen molar-refractivity contribution >= 4 is 15.9 Å². The van der Waals surface area contributed by atoms with E-state index in [9.17, 15) is 4.39 Å². The number of halogens is 2. The number of ether oxygens (including phenoxy) is 2. The number of hydrogen-bond acceptors (Lipinski definition) is 3. The minimum atomic E-state index is -0.397. The zero-order valence-electron chi connectivity index (χ0n) is 8.80. The van der Waals surface area contributed by atoms with Crippen molar-refractivity contribution in [2.75, 3.05) is 19.8 Å². The molecule has 0 aliphatic carbocycles. The molecule has 0 bridgehead atoms. The summed E-state index contributed by atoms with van der Waals surface area (Å²) in [7, 11) is 0. The van der Waals surface area contributed by atoms with Gasteiger partial charge in [0.1, 0.15) is 19.0 Å². The third-order valence-electron chi connectivity index (χ3n) is 2.53. The van der Waals surface area contributed by atoms with E-state index in [2.05, 4.69) is 15.9 Å². The Kier molecular flexibility index (Phi) is 3.35. The molecule has 3 nitrogen and oxygen atoms in total. The van der Waals surface area contributed by atoms with Crippen LogP contribution in [0.25, 0.3) is 0 Å². The van der Waals surface area contributed by atoms with Crippen LogP contribution in [0.3, 0.4) is 0 Å². The molecule has 0 saturated heterocycles. The lowest BCUT2D eigenvalue weighted by atomic mass is 9.99. The van der Waals surface area contributed by atoms with Crippen molar-refractivity contribution in [3.63, 3.8) is 0 Å². The molecule has 2 rings (SSSR count). The Hall–Kier alpha value is -0.810. The van der Waals surface area contributed by atoms with E-state index in [0.29, 0.717) is 34.7 Å². The Bertz CT molecular complexity index is 409. The first-order chi connectivity index (χ1) is 7.65. The smallest absolute Gasteiger partial charge is 0.167 e. The molecule has 1 aromatic carbocycles. The van der Waals surface area contributed by atoms with Gasteiger partial charge in [-0.2, -0.15) is 0 Å². The fourth-order valence-corrected chi connectivity index (χ4v) is 2.11. The maximum Gasteiger partial charge on any atom is 0.167 e. The molecular weight excluding hydrogens is 279 g/mol. The lowest BCUT2D eigenvalue weighted by molar-refractivity contribution is 0.166. The molecule has 0 aromatic heterocycles. The average Bonchev–Trinajstić information content (AvgIpc) is 2.30. The van der Waals surface area contributed by atoms with Gasteiger partial charge >= 0.3 is 0 Å². The van der Waals surface area contributed by atoms with Gasteiger partial charge < -0.3 is 14.6 Å². The standard InChI is InChI=1S/C11H12BrFO3/c1-6(5-14)9-10(13)7(12)4-8-11(9)16-3-2-15-8/h4,6,14H,2-3,5H2,1H3. The van der Waals surface area contributed by atoms with Gasteiger partial charge in [-0.15, -0.1) is 0 Å². The summed E-state index contributed by atoms with van der Waals surface area (Å²) in [4.78, 5) is 0. The molecule has 0 radical (unpaired) electrons. The van der Waals surface area contributed by atoms with Gasteiger partial charge in [0.2, 0.25) is 0 Å². The summed E-state index contributed by atoms with van der Waals surface area (Å²) in [5.74, 6) is 0.210. The van der Waals surface area contributed by atoms with Crippen molar-refractivity contribution in [2.24, 2.45) is 0 Å². The molecule has 0 saturated carbocycles. The van der Waals surface area contributed by atoms with Crippen molar-refractivity contribution in [2.45, 2.75) is 12.8 Å². The molecule has 1 atom stereocenters. The largest absolute Gasteiger partial charge is 0.486 e. The molecular formula is C11H12BrFO3. The highest BCUT2D eigenvalue weighted by molar-refractivity contribution is 9.10. The molecule has 0 spiro atoms. The molecule has 1 aromatic rings. The second kappa shape index (κ2) is 4.59. The molecule has 1 aliphatic heterocycles. The quantitative estimate of drug-likeness (QED) is 0.909. The number of rotatable bonds is 2. The predicted molar refractivity (Wildman–Crippen MR) is 60.6 cm³/mol. The summed E-state index contributed by atoms with van der Waals surface area (Å²) in [6.07, 6.45) is 0. The summed E-state index contributed by atoms with van der Waals surface area (Å²) in [6.45, 7) is 2.46. The topological polar surface area (TPSA) is 38.7 Å². The average molecular weight is 291 g/mol. The Labute approximate surface area is 101 Å². The maximum atomic E-state index is 13.9. The number of hydrogen-bond donors (Lipinski definition) is 1. The van der Waals surface area contributed by atoms with Crippen LogP contribution < -0.4 is 9.47 Å². The van der Waals surface area contributed by atoms with Gasteiger partial charge in [0.05, 0.1) is 4.47 Å². The third kappa shape index (κ3) is 1.89. The number of aliphatic hydroxyl groups excluding tert-OH is 1. The van der Waals surface area contributed by atoms with Crippen LogP contribution in [0, 0.1) is 5.82 Å². The summed E-state index contributed by atoms with van der Waals surface area (Å²) in [5, 5.41) is 9.13.